The Hall–Kier alpha value is -0.670. The van der Waals surface area contributed by atoms with Gasteiger partial charge in [0.2, 0.25) is 0 Å². The fourth-order valence-electron chi connectivity index (χ4n) is 1.30. The zero-order chi connectivity index (χ0) is 12.1. The summed E-state index contributed by atoms with van der Waals surface area (Å²) in [6.45, 7) is 6.59. The lowest BCUT2D eigenvalue weighted by Crippen LogP contribution is -2.10. The summed E-state index contributed by atoms with van der Waals surface area (Å²) in [5.74, 6) is 1.36. The highest BCUT2D eigenvalue weighted by atomic mass is 32.2. The minimum absolute atomic E-state index is 0.422. The Bertz CT molecular complexity index is 327. The Kier molecular flexibility index (Phi) is 5.16. The summed E-state index contributed by atoms with van der Waals surface area (Å²) in [5.41, 5.74) is 7.30. The van der Waals surface area contributed by atoms with E-state index in [4.69, 9.17) is 5.73 Å². The smallest absolute Gasteiger partial charge is 0.0881 e. The van der Waals surface area contributed by atoms with E-state index in [-0.39, 0.29) is 0 Å². The fourth-order valence-corrected chi connectivity index (χ4v) is 2.36. The Labute approximate surface area is 102 Å². The molecule has 2 nitrogen and oxygen atoms in total. The average Bonchev–Trinajstić information content (AvgIpc) is 2.25. The van der Waals surface area contributed by atoms with Crippen molar-refractivity contribution in [2.24, 2.45) is 5.92 Å². The molecule has 0 heterocycles. The molecule has 0 aliphatic carbocycles. The Morgan fingerprint density at radius 1 is 1.31 bits per heavy atom. The van der Waals surface area contributed by atoms with Gasteiger partial charge in [-0.2, -0.15) is 11.8 Å². The van der Waals surface area contributed by atoms with Gasteiger partial charge < -0.3 is 10.8 Å². The molecule has 90 valence electrons. The molecule has 2 atom stereocenters. The summed E-state index contributed by atoms with van der Waals surface area (Å²) >= 11 is 1.80. The molecular weight excluding hydrogens is 218 g/mol. The van der Waals surface area contributed by atoms with E-state index in [2.05, 4.69) is 20.8 Å². The van der Waals surface area contributed by atoms with Crippen LogP contribution in [0.1, 0.15) is 32.4 Å². The molecule has 1 rings (SSSR count). The lowest BCUT2D eigenvalue weighted by Gasteiger charge is -2.17. The van der Waals surface area contributed by atoms with Gasteiger partial charge in [-0.3, -0.25) is 0 Å². The van der Waals surface area contributed by atoms with Crippen molar-refractivity contribution < 1.29 is 5.11 Å². The summed E-state index contributed by atoms with van der Waals surface area (Å²) < 4.78 is 0. The van der Waals surface area contributed by atoms with Gasteiger partial charge in [0.15, 0.2) is 0 Å². The van der Waals surface area contributed by atoms with E-state index >= 15 is 0 Å². The predicted molar refractivity (Wildman–Crippen MR) is 72.6 cm³/mol. The zero-order valence-electron chi connectivity index (χ0n) is 10.2. The number of thioether (sulfide) groups is 1. The van der Waals surface area contributed by atoms with Crippen molar-refractivity contribution in [2.45, 2.75) is 32.1 Å². The minimum Gasteiger partial charge on any atom is -0.399 e. The molecule has 1 aromatic rings. The first-order chi connectivity index (χ1) is 7.50. The van der Waals surface area contributed by atoms with Gasteiger partial charge >= 0.3 is 0 Å². The second-order valence-electron chi connectivity index (χ2n) is 4.47. The zero-order valence-corrected chi connectivity index (χ0v) is 11.0. The number of hydrogen-bond donors (Lipinski definition) is 2. The van der Waals surface area contributed by atoms with E-state index < -0.39 is 6.10 Å². The van der Waals surface area contributed by atoms with Gasteiger partial charge in [0.05, 0.1) is 6.10 Å². The SMILES string of the molecule is CC(C)C(C)SCC(O)c1cccc(N)c1. The fraction of sp³-hybridized carbons (Fsp3) is 0.538. The van der Waals surface area contributed by atoms with Crippen LogP contribution in [0.2, 0.25) is 0 Å². The lowest BCUT2D eigenvalue weighted by molar-refractivity contribution is 0.204. The van der Waals surface area contributed by atoms with Gasteiger partial charge in [-0.15, -0.1) is 0 Å². The van der Waals surface area contributed by atoms with E-state index in [1.165, 1.54) is 0 Å². The van der Waals surface area contributed by atoms with Crippen LogP contribution in [0.5, 0.6) is 0 Å². The van der Waals surface area contributed by atoms with Crippen LogP contribution in [0, 0.1) is 5.92 Å². The summed E-state index contributed by atoms with van der Waals surface area (Å²) in [5, 5.41) is 10.6. The second-order valence-corrected chi connectivity index (χ2v) is 5.88. The van der Waals surface area contributed by atoms with E-state index in [9.17, 15) is 5.11 Å². The first-order valence-corrected chi connectivity index (χ1v) is 6.70. The third-order valence-electron chi connectivity index (χ3n) is 2.75. The molecule has 0 saturated carbocycles. The molecule has 0 fully saturated rings. The standard InChI is InChI=1S/C13H21NOS/c1-9(2)10(3)16-8-13(15)11-5-4-6-12(14)7-11/h4-7,9-10,13,15H,8,14H2,1-3H3. The van der Waals surface area contributed by atoms with Gasteiger partial charge in [-0.05, 0) is 23.6 Å². The Balaban J connectivity index is 2.49. The van der Waals surface area contributed by atoms with Gasteiger partial charge in [-0.25, -0.2) is 0 Å². The molecule has 0 aliphatic rings. The van der Waals surface area contributed by atoms with Gasteiger partial charge in [0.25, 0.3) is 0 Å². The van der Waals surface area contributed by atoms with Crippen molar-refractivity contribution in [3.8, 4) is 0 Å². The topological polar surface area (TPSA) is 46.2 Å². The van der Waals surface area contributed by atoms with Gasteiger partial charge in [0.1, 0.15) is 0 Å². The van der Waals surface area contributed by atoms with Crippen molar-refractivity contribution in [2.75, 3.05) is 11.5 Å². The molecule has 0 aliphatic heterocycles. The van der Waals surface area contributed by atoms with Gasteiger partial charge in [-0.1, -0.05) is 32.9 Å². The van der Waals surface area contributed by atoms with Crippen LogP contribution in [-0.4, -0.2) is 16.1 Å². The molecule has 0 spiro atoms. The second kappa shape index (κ2) is 6.16. The van der Waals surface area contributed by atoms with Crippen molar-refractivity contribution in [1.82, 2.24) is 0 Å². The molecule has 16 heavy (non-hydrogen) atoms. The number of benzene rings is 1. The third-order valence-corrected chi connectivity index (χ3v) is 4.33. The van der Waals surface area contributed by atoms with Crippen molar-refractivity contribution >= 4 is 17.4 Å². The van der Waals surface area contributed by atoms with E-state index in [0.29, 0.717) is 16.9 Å². The summed E-state index contributed by atoms with van der Waals surface area (Å²) in [7, 11) is 0. The molecule has 3 N–H and O–H groups in total. The largest absolute Gasteiger partial charge is 0.399 e. The lowest BCUT2D eigenvalue weighted by atomic mass is 10.1. The van der Waals surface area contributed by atoms with Crippen LogP contribution in [0.3, 0.4) is 0 Å². The van der Waals surface area contributed by atoms with Crippen LogP contribution in [0.25, 0.3) is 0 Å². The molecule has 0 radical (unpaired) electrons. The molecule has 2 unspecified atom stereocenters. The monoisotopic (exact) mass is 239 g/mol. The normalized spacial score (nSPS) is 15.1. The highest BCUT2D eigenvalue weighted by Crippen LogP contribution is 2.25. The van der Waals surface area contributed by atoms with Crippen LogP contribution < -0.4 is 5.73 Å². The molecule has 1 aromatic carbocycles. The molecule has 0 amide bonds. The highest BCUT2D eigenvalue weighted by Gasteiger charge is 2.12. The third kappa shape index (κ3) is 4.06. The minimum atomic E-state index is -0.422. The first-order valence-electron chi connectivity index (χ1n) is 5.65. The summed E-state index contributed by atoms with van der Waals surface area (Å²) in [4.78, 5) is 0. The molecular formula is C13H21NOS. The van der Waals surface area contributed by atoms with Crippen LogP contribution in [-0.2, 0) is 0 Å². The van der Waals surface area contributed by atoms with Crippen LogP contribution >= 0.6 is 11.8 Å². The predicted octanol–water partition coefficient (Wildman–Crippen LogP) is 3.08. The average molecular weight is 239 g/mol. The number of nitrogen functional groups attached to an aromatic ring is 1. The number of anilines is 1. The van der Waals surface area contributed by atoms with E-state index in [1.807, 2.05) is 24.3 Å². The van der Waals surface area contributed by atoms with Crippen LogP contribution in [0.15, 0.2) is 24.3 Å². The number of rotatable bonds is 5. The van der Waals surface area contributed by atoms with Crippen molar-refractivity contribution in [3.05, 3.63) is 29.8 Å². The molecule has 0 saturated heterocycles. The van der Waals surface area contributed by atoms with Crippen molar-refractivity contribution in [1.29, 1.82) is 0 Å². The Morgan fingerprint density at radius 2 is 2.00 bits per heavy atom. The van der Waals surface area contributed by atoms with Crippen molar-refractivity contribution in [3.63, 3.8) is 0 Å². The van der Waals surface area contributed by atoms with Gasteiger partial charge in [0, 0.05) is 16.7 Å². The summed E-state index contributed by atoms with van der Waals surface area (Å²) in [6, 6.07) is 7.47. The number of hydrogen-bond acceptors (Lipinski definition) is 3. The maximum Gasteiger partial charge on any atom is 0.0881 e. The Morgan fingerprint density at radius 3 is 2.56 bits per heavy atom. The maximum atomic E-state index is 10.00. The quantitative estimate of drug-likeness (QED) is 0.776. The molecule has 3 heteroatoms. The number of aliphatic hydroxyl groups is 1. The highest BCUT2D eigenvalue weighted by molar-refractivity contribution is 7.99. The first kappa shape index (κ1) is 13.4. The van der Waals surface area contributed by atoms with E-state index in [0.717, 1.165) is 11.3 Å². The molecule has 0 bridgehead atoms. The molecule has 0 aromatic heterocycles. The summed E-state index contributed by atoms with van der Waals surface area (Å²) in [6.07, 6.45) is -0.422. The van der Waals surface area contributed by atoms with E-state index in [1.54, 1.807) is 11.8 Å². The maximum absolute atomic E-state index is 10.00. The number of aliphatic hydroxyl groups excluding tert-OH is 1. The van der Waals surface area contributed by atoms with Crippen LogP contribution in [0.4, 0.5) is 5.69 Å². The number of nitrogens with two attached hydrogens (primary N) is 1.